The van der Waals surface area contributed by atoms with Gasteiger partial charge in [-0.15, -0.1) is 0 Å². The summed E-state index contributed by atoms with van der Waals surface area (Å²) in [7, 11) is 5.12. The molecular formula is C23H26N2O4. The fraction of sp³-hybridized carbons (Fsp3) is 0.304. The lowest BCUT2D eigenvalue weighted by Gasteiger charge is -2.15. The molecule has 1 aromatic heterocycles. The molecule has 0 aliphatic rings. The third-order valence-electron chi connectivity index (χ3n) is 4.68. The topological polar surface area (TPSA) is 62.0 Å². The normalized spacial score (nSPS) is 12.1. The minimum atomic E-state index is -0.662. The number of fused-ring (bicyclic) bond motifs is 1. The van der Waals surface area contributed by atoms with Crippen LogP contribution in [-0.4, -0.2) is 30.5 Å². The van der Waals surface area contributed by atoms with Crippen LogP contribution in [0.3, 0.4) is 0 Å². The van der Waals surface area contributed by atoms with Crippen LogP contribution in [0.25, 0.3) is 10.9 Å². The molecule has 0 aliphatic heterocycles. The van der Waals surface area contributed by atoms with E-state index in [0.29, 0.717) is 17.2 Å². The Hall–Kier alpha value is -3.28. The molecule has 0 radical (unpaired) electrons. The number of hydrogen-bond donors (Lipinski definition) is 0. The molecule has 0 unspecified atom stereocenters. The lowest BCUT2D eigenvalue weighted by Crippen LogP contribution is -2.22. The Morgan fingerprint density at radius 2 is 1.66 bits per heavy atom. The number of carbonyl (C=O) groups excluding carboxylic acids is 1. The van der Waals surface area contributed by atoms with Gasteiger partial charge in [0.15, 0.2) is 11.5 Å². The molecule has 6 heteroatoms. The number of ether oxygens (including phenoxy) is 2. The van der Waals surface area contributed by atoms with Crippen molar-refractivity contribution in [3.63, 3.8) is 0 Å². The Morgan fingerprint density at radius 1 is 0.966 bits per heavy atom. The zero-order valence-corrected chi connectivity index (χ0v) is 17.6. The van der Waals surface area contributed by atoms with Gasteiger partial charge in [0.25, 0.3) is 0 Å². The number of benzene rings is 2. The second kappa shape index (κ2) is 7.99. The highest BCUT2D eigenvalue weighted by Crippen LogP contribution is 2.30. The molecule has 3 aromatic rings. The van der Waals surface area contributed by atoms with Crippen LogP contribution in [0.2, 0.25) is 0 Å². The minimum absolute atomic E-state index is 0.408. The number of carbonyl (C=O) groups is 1. The predicted octanol–water partition coefficient (Wildman–Crippen LogP) is 4.54. The summed E-state index contributed by atoms with van der Waals surface area (Å²) in [5.41, 5.74) is 2.49. The van der Waals surface area contributed by atoms with Crippen molar-refractivity contribution in [1.82, 2.24) is 4.57 Å². The zero-order valence-electron chi connectivity index (χ0n) is 17.6. The van der Waals surface area contributed by atoms with E-state index in [9.17, 15) is 4.79 Å². The van der Waals surface area contributed by atoms with Gasteiger partial charge in [0.2, 0.25) is 0 Å². The number of aromatic nitrogens is 1. The van der Waals surface area contributed by atoms with Crippen molar-refractivity contribution in [2.24, 2.45) is 17.6 Å². The maximum atomic E-state index is 12.3. The first kappa shape index (κ1) is 20.5. The van der Waals surface area contributed by atoms with E-state index < -0.39 is 11.4 Å². The van der Waals surface area contributed by atoms with E-state index in [1.165, 1.54) is 0 Å². The highest BCUT2D eigenvalue weighted by molar-refractivity contribution is 6.14. The number of nitrogens with zero attached hydrogens (tertiary/aromatic N) is 2. The summed E-state index contributed by atoms with van der Waals surface area (Å²) in [6.45, 7) is 5.37. The van der Waals surface area contributed by atoms with E-state index in [4.69, 9.17) is 14.3 Å². The molecule has 0 fully saturated rings. The SMILES string of the molecule is COc1ccc(C(=NOC(=O)C(C)(C)C)c2cc3ccccc3n2C)cc1OC. The van der Waals surface area contributed by atoms with E-state index in [1.54, 1.807) is 41.1 Å². The van der Waals surface area contributed by atoms with Gasteiger partial charge in [-0.05, 0) is 51.1 Å². The van der Waals surface area contributed by atoms with E-state index in [2.05, 4.69) is 5.16 Å². The van der Waals surface area contributed by atoms with Crippen molar-refractivity contribution in [3.8, 4) is 11.5 Å². The predicted molar refractivity (Wildman–Crippen MR) is 114 cm³/mol. The van der Waals surface area contributed by atoms with Gasteiger partial charge in [-0.25, -0.2) is 4.79 Å². The summed E-state index contributed by atoms with van der Waals surface area (Å²) in [5, 5.41) is 5.34. The average molecular weight is 394 g/mol. The van der Waals surface area contributed by atoms with Gasteiger partial charge in [0.1, 0.15) is 5.71 Å². The van der Waals surface area contributed by atoms with Gasteiger partial charge >= 0.3 is 5.97 Å². The first-order valence-electron chi connectivity index (χ1n) is 9.33. The number of oxime groups is 1. The Kier molecular flexibility index (Phi) is 5.64. The average Bonchev–Trinajstić information content (AvgIpc) is 3.03. The quantitative estimate of drug-likeness (QED) is 0.362. The van der Waals surface area contributed by atoms with Gasteiger partial charge in [-0.1, -0.05) is 23.4 Å². The van der Waals surface area contributed by atoms with Crippen LogP contribution in [0.5, 0.6) is 11.5 Å². The lowest BCUT2D eigenvalue weighted by atomic mass is 9.98. The second-order valence-electron chi connectivity index (χ2n) is 7.79. The van der Waals surface area contributed by atoms with Gasteiger partial charge < -0.3 is 18.9 Å². The Balaban J connectivity index is 2.16. The van der Waals surface area contributed by atoms with Gasteiger partial charge in [0, 0.05) is 23.5 Å². The third-order valence-corrected chi connectivity index (χ3v) is 4.68. The van der Waals surface area contributed by atoms with Crippen molar-refractivity contribution in [2.45, 2.75) is 20.8 Å². The monoisotopic (exact) mass is 394 g/mol. The maximum absolute atomic E-state index is 12.3. The molecule has 0 amide bonds. The van der Waals surface area contributed by atoms with Crippen molar-refractivity contribution < 1.29 is 19.1 Å². The molecular weight excluding hydrogens is 368 g/mol. The van der Waals surface area contributed by atoms with Gasteiger partial charge in [0.05, 0.1) is 25.3 Å². The molecule has 0 atom stereocenters. The molecule has 3 rings (SSSR count). The van der Waals surface area contributed by atoms with Crippen LogP contribution in [0.15, 0.2) is 53.7 Å². The zero-order chi connectivity index (χ0) is 21.2. The molecule has 152 valence electrons. The second-order valence-corrected chi connectivity index (χ2v) is 7.79. The fourth-order valence-electron chi connectivity index (χ4n) is 2.97. The minimum Gasteiger partial charge on any atom is -0.493 e. The Labute approximate surface area is 170 Å². The molecule has 0 saturated carbocycles. The highest BCUT2D eigenvalue weighted by Gasteiger charge is 2.25. The standard InChI is InChI=1S/C23H26N2O4/c1-23(2,3)22(26)29-24-21(16-11-12-19(27-5)20(14-16)28-6)18-13-15-9-7-8-10-17(15)25(18)4/h7-14H,1-6H3. The van der Waals surface area contributed by atoms with Crippen LogP contribution < -0.4 is 9.47 Å². The van der Waals surface area contributed by atoms with Gasteiger partial charge in [-0.2, -0.15) is 0 Å². The summed E-state index contributed by atoms with van der Waals surface area (Å²) in [6.07, 6.45) is 0. The summed E-state index contributed by atoms with van der Waals surface area (Å²) >= 11 is 0. The van der Waals surface area contributed by atoms with Crippen molar-refractivity contribution in [1.29, 1.82) is 0 Å². The molecule has 1 heterocycles. The third kappa shape index (κ3) is 4.11. The van der Waals surface area contributed by atoms with Crippen molar-refractivity contribution in [3.05, 3.63) is 59.8 Å². The number of hydrogen-bond acceptors (Lipinski definition) is 5. The first-order chi connectivity index (χ1) is 13.8. The van der Waals surface area contributed by atoms with Gasteiger partial charge in [-0.3, -0.25) is 0 Å². The van der Waals surface area contributed by atoms with Crippen molar-refractivity contribution in [2.75, 3.05) is 14.2 Å². The molecule has 29 heavy (non-hydrogen) atoms. The number of aryl methyl sites for hydroxylation is 1. The molecule has 0 aliphatic carbocycles. The number of rotatable bonds is 5. The van der Waals surface area contributed by atoms with E-state index in [0.717, 1.165) is 22.2 Å². The highest BCUT2D eigenvalue weighted by atomic mass is 16.7. The van der Waals surface area contributed by atoms with Crippen LogP contribution in [-0.2, 0) is 16.7 Å². The lowest BCUT2D eigenvalue weighted by molar-refractivity contribution is -0.152. The summed E-state index contributed by atoms with van der Waals surface area (Å²) < 4.78 is 12.8. The molecule has 6 nitrogen and oxygen atoms in total. The van der Waals surface area contributed by atoms with Crippen LogP contribution in [0.1, 0.15) is 32.0 Å². The van der Waals surface area contributed by atoms with Crippen LogP contribution in [0.4, 0.5) is 0 Å². The fourth-order valence-corrected chi connectivity index (χ4v) is 2.97. The molecule has 0 N–H and O–H groups in total. The van der Waals surface area contributed by atoms with E-state index in [1.807, 2.05) is 54.1 Å². The smallest absolute Gasteiger partial charge is 0.340 e. The summed E-state index contributed by atoms with van der Waals surface area (Å²) in [4.78, 5) is 17.7. The summed E-state index contributed by atoms with van der Waals surface area (Å²) in [5.74, 6) is 0.771. The number of para-hydroxylation sites is 1. The van der Waals surface area contributed by atoms with E-state index in [-0.39, 0.29) is 0 Å². The molecule has 2 aromatic carbocycles. The first-order valence-corrected chi connectivity index (χ1v) is 9.33. The Bertz CT molecular complexity index is 1070. The van der Waals surface area contributed by atoms with Crippen LogP contribution in [0, 0.1) is 5.41 Å². The number of methoxy groups -OCH3 is 2. The summed E-state index contributed by atoms with van der Waals surface area (Å²) in [6, 6.07) is 15.5. The molecule has 0 saturated heterocycles. The maximum Gasteiger partial charge on any atom is 0.340 e. The Morgan fingerprint density at radius 3 is 2.28 bits per heavy atom. The molecule has 0 bridgehead atoms. The molecule has 0 spiro atoms. The van der Waals surface area contributed by atoms with Crippen molar-refractivity contribution >= 4 is 22.6 Å². The van der Waals surface area contributed by atoms with E-state index >= 15 is 0 Å². The van der Waals surface area contributed by atoms with Crippen LogP contribution >= 0.6 is 0 Å². The largest absolute Gasteiger partial charge is 0.493 e.